The van der Waals surface area contributed by atoms with Crippen molar-refractivity contribution in [3.8, 4) is 16.9 Å². The van der Waals surface area contributed by atoms with Crippen LogP contribution >= 0.6 is 0 Å². The minimum absolute atomic E-state index is 0.168. The minimum Gasteiger partial charge on any atom is -0.423 e. The van der Waals surface area contributed by atoms with Crippen molar-refractivity contribution in [2.45, 2.75) is 46.6 Å². The molecule has 4 heteroatoms. The highest BCUT2D eigenvalue weighted by atomic mass is 19.1. The van der Waals surface area contributed by atoms with Gasteiger partial charge in [-0.15, -0.1) is 0 Å². The van der Waals surface area contributed by atoms with Crippen LogP contribution in [0.15, 0.2) is 54.6 Å². The van der Waals surface area contributed by atoms with E-state index in [9.17, 15) is 9.18 Å². The molecule has 0 N–H and O–H groups in total. The van der Waals surface area contributed by atoms with E-state index in [-0.39, 0.29) is 11.9 Å². The van der Waals surface area contributed by atoms with Gasteiger partial charge in [0, 0.05) is 12.7 Å². The van der Waals surface area contributed by atoms with Crippen LogP contribution in [0.2, 0.25) is 0 Å². The smallest absolute Gasteiger partial charge is 0.343 e. The Hall–Kier alpha value is -2.98. The summed E-state index contributed by atoms with van der Waals surface area (Å²) in [6.45, 7) is 8.95. The van der Waals surface area contributed by atoms with Crippen LogP contribution < -0.4 is 4.74 Å². The van der Waals surface area contributed by atoms with Crippen LogP contribution in [-0.4, -0.2) is 12.6 Å². The SMILES string of the molecule is Cc1ccc(OC(=O)c2ccc(-c3c(C)cc(C4CCC(C)CO4)cc3C)cc2)cc1F. The third-order valence-electron chi connectivity index (χ3n) is 6.19. The van der Waals surface area contributed by atoms with E-state index >= 15 is 0 Å². The van der Waals surface area contributed by atoms with Crippen LogP contribution in [0, 0.1) is 32.5 Å². The second kappa shape index (κ2) is 9.25. The fourth-order valence-electron chi connectivity index (χ4n) is 4.36. The Morgan fingerprint density at radius 1 is 0.938 bits per heavy atom. The number of benzene rings is 3. The molecule has 4 rings (SSSR count). The molecule has 1 saturated heterocycles. The van der Waals surface area contributed by atoms with Gasteiger partial charge < -0.3 is 9.47 Å². The topological polar surface area (TPSA) is 35.5 Å². The van der Waals surface area contributed by atoms with Gasteiger partial charge in [-0.1, -0.05) is 37.3 Å². The monoisotopic (exact) mass is 432 g/mol. The molecule has 2 atom stereocenters. The van der Waals surface area contributed by atoms with E-state index in [2.05, 4.69) is 32.9 Å². The van der Waals surface area contributed by atoms with Crippen molar-refractivity contribution in [3.05, 3.63) is 88.2 Å². The van der Waals surface area contributed by atoms with E-state index in [1.807, 2.05) is 12.1 Å². The fourth-order valence-corrected chi connectivity index (χ4v) is 4.36. The molecule has 1 aliphatic rings. The lowest BCUT2D eigenvalue weighted by molar-refractivity contribution is -0.0124. The van der Waals surface area contributed by atoms with Gasteiger partial charge in [-0.05, 0) is 91.1 Å². The van der Waals surface area contributed by atoms with Gasteiger partial charge in [0.05, 0.1) is 11.7 Å². The standard InChI is InChI=1S/C28H29FO3/c1-17-5-12-26(31-16-17)23-13-19(3)27(20(4)14-23)21-7-9-22(10-8-21)28(30)32-24-11-6-18(2)25(29)15-24/h6-11,13-15,17,26H,5,12,16H2,1-4H3. The van der Waals surface area contributed by atoms with E-state index in [1.54, 1.807) is 31.2 Å². The maximum Gasteiger partial charge on any atom is 0.343 e. The maximum absolute atomic E-state index is 13.7. The van der Waals surface area contributed by atoms with Crippen molar-refractivity contribution in [1.82, 2.24) is 0 Å². The van der Waals surface area contributed by atoms with Gasteiger partial charge in [0.15, 0.2) is 0 Å². The molecule has 0 spiro atoms. The Balaban J connectivity index is 1.52. The zero-order valence-corrected chi connectivity index (χ0v) is 19.1. The molecule has 0 aliphatic carbocycles. The first kappa shape index (κ1) is 22.2. The summed E-state index contributed by atoms with van der Waals surface area (Å²) >= 11 is 0. The molecule has 1 heterocycles. The normalized spacial score (nSPS) is 18.4. The zero-order chi connectivity index (χ0) is 22.8. The largest absolute Gasteiger partial charge is 0.423 e. The summed E-state index contributed by atoms with van der Waals surface area (Å²) in [4.78, 5) is 12.5. The number of hydrogen-bond donors (Lipinski definition) is 0. The van der Waals surface area contributed by atoms with Gasteiger partial charge in [0.25, 0.3) is 0 Å². The van der Waals surface area contributed by atoms with Gasteiger partial charge in [0.1, 0.15) is 11.6 Å². The number of halogens is 1. The van der Waals surface area contributed by atoms with Crippen molar-refractivity contribution in [1.29, 1.82) is 0 Å². The van der Waals surface area contributed by atoms with Crippen LogP contribution in [0.1, 0.15) is 58.5 Å². The van der Waals surface area contributed by atoms with Crippen LogP contribution in [0.4, 0.5) is 4.39 Å². The number of hydrogen-bond acceptors (Lipinski definition) is 3. The summed E-state index contributed by atoms with van der Waals surface area (Å²) in [6.07, 6.45) is 2.42. The zero-order valence-electron chi connectivity index (χ0n) is 19.1. The van der Waals surface area contributed by atoms with Crippen molar-refractivity contribution in [2.24, 2.45) is 5.92 Å². The summed E-state index contributed by atoms with van der Waals surface area (Å²) in [5.41, 5.74) is 6.75. The highest BCUT2D eigenvalue weighted by Gasteiger charge is 2.22. The highest BCUT2D eigenvalue weighted by Crippen LogP contribution is 2.35. The van der Waals surface area contributed by atoms with Crippen LogP contribution in [0.25, 0.3) is 11.1 Å². The minimum atomic E-state index is -0.507. The maximum atomic E-state index is 13.7. The number of aryl methyl sites for hydroxylation is 3. The van der Waals surface area contributed by atoms with Gasteiger partial charge in [-0.2, -0.15) is 0 Å². The molecular weight excluding hydrogens is 403 g/mol. The third kappa shape index (κ3) is 4.76. The van der Waals surface area contributed by atoms with E-state index in [4.69, 9.17) is 9.47 Å². The van der Waals surface area contributed by atoms with E-state index in [1.165, 1.54) is 34.7 Å². The Morgan fingerprint density at radius 3 is 2.22 bits per heavy atom. The Morgan fingerprint density at radius 2 is 1.62 bits per heavy atom. The van der Waals surface area contributed by atoms with Crippen molar-refractivity contribution in [2.75, 3.05) is 6.61 Å². The average molecular weight is 433 g/mol. The predicted octanol–water partition coefficient (Wildman–Crippen LogP) is 7.12. The molecule has 0 bridgehead atoms. The third-order valence-corrected chi connectivity index (χ3v) is 6.19. The Labute approximate surface area is 189 Å². The molecule has 0 amide bonds. The second-order valence-electron chi connectivity index (χ2n) is 8.91. The summed E-state index contributed by atoms with van der Waals surface area (Å²) in [5.74, 6) is -0.0767. The molecule has 3 nitrogen and oxygen atoms in total. The Kier molecular flexibility index (Phi) is 6.43. The molecule has 166 valence electrons. The van der Waals surface area contributed by atoms with Crippen LogP contribution in [0.5, 0.6) is 5.75 Å². The average Bonchev–Trinajstić information content (AvgIpc) is 2.77. The fraction of sp³-hybridized carbons (Fsp3) is 0.321. The quantitative estimate of drug-likeness (QED) is 0.325. The van der Waals surface area contributed by atoms with Crippen LogP contribution in [0.3, 0.4) is 0 Å². The highest BCUT2D eigenvalue weighted by molar-refractivity contribution is 5.91. The molecule has 3 aromatic rings. The number of rotatable bonds is 4. The van der Waals surface area contributed by atoms with Crippen LogP contribution in [-0.2, 0) is 4.74 Å². The van der Waals surface area contributed by atoms with E-state index < -0.39 is 11.8 Å². The van der Waals surface area contributed by atoms with Crippen molar-refractivity contribution < 1.29 is 18.7 Å². The molecule has 1 fully saturated rings. The van der Waals surface area contributed by atoms with E-state index in [0.717, 1.165) is 18.6 Å². The summed E-state index contributed by atoms with van der Waals surface area (Å²) in [6, 6.07) is 16.2. The Bertz CT molecular complexity index is 1100. The van der Waals surface area contributed by atoms with Gasteiger partial charge in [0.2, 0.25) is 0 Å². The summed E-state index contributed by atoms with van der Waals surface area (Å²) in [7, 11) is 0. The van der Waals surface area contributed by atoms with Crippen molar-refractivity contribution >= 4 is 5.97 Å². The van der Waals surface area contributed by atoms with E-state index in [0.29, 0.717) is 17.0 Å². The lowest BCUT2D eigenvalue weighted by Gasteiger charge is -2.28. The molecule has 2 unspecified atom stereocenters. The lowest BCUT2D eigenvalue weighted by Crippen LogP contribution is -2.18. The molecule has 0 saturated carbocycles. The molecule has 1 aliphatic heterocycles. The van der Waals surface area contributed by atoms with Gasteiger partial charge in [-0.25, -0.2) is 9.18 Å². The second-order valence-corrected chi connectivity index (χ2v) is 8.91. The predicted molar refractivity (Wildman–Crippen MR) is 125 cm³/mol. The van der Waals surface area contributed by atoms with Crippen molar-refractivity contribution in [3.63, 3.8) is 0 Å². The number of carbonyl (C=O) groups excluding carboxylic acids is 1. The molecular formula is C28H29FO3. The van der Waals surface area contributed by atoms with Gasteiger partial charge in [-0.3, -0.25) is 0 Å². The first-order valence-corrected chi connectivity index (χ1v) is 11.1. The lowest BCUT2D eigenvalue weighted by atomic mass is 9.89. The summed E-state index contributed by atoms with van der Waals surface area (Å²) in [5, 5.41) is 0. The summed E-state index contributed by atoms with van der Waals surface area (Å²) < 4.78 is 25.1. The van der Waals surface area contributed by atoms with Gasteiger partial charge >= 0.3 is 5.97 Å². The molecule has 0 radical (unpaired) electrons. The first-order valence-electron chi connectivity index (χ1n) is 11.1. The number of carbonyl (C=O) groups is 1. The molecule has 0 aromatic heterocycles. The molecule has 32 heavy (non-hydrogen) atoms. The number of ether oxygens (including phenoxy) is 2. The number of esters is 1. The molecule has 3 aromatic carbocycles. The first-order chi connectivity index (χ1) is 15.3.